The summed E-state index contributed by atoms with van der Waals surface area (Å²) in [6.45, 7) is 2.07. The van der Waals surface area contributed by atoms with Crippen LogP contribution in [0.15, 0.2) is 18.2 Å². The number of nitro groups is 1. The molecule has 0 bridgehead atoms. The maximum atomic E-state index is 10.5. The van der Waals surface area contributed by atoms with E-state index in [-0.39, 0.29) is 11.7 Å². The molecule has 16 heavy (non-hydrogen) atoms. The average molecular weight is 243 g/mol. The van der Waals surface area contributed by atoms with Gasteiger partial charge in [-0.05, 0) is 18.4 Å². The van der Waals surface area contributed by atoms with E-state index in [4.69, 9.17) is 17.3 Å². The zero-order valence-electron chi connectivity index (χ0n) is 9.15. The molecule has 1 atom stereocenters. The number of nitrogens with two attached hydrogens (primary N) is 1. The highest BCUT2D eigenvalue weighted by Crippen LogP contribution is 2.23. The van der Waals surface area contributed by atoms with Crippen LogP contribution in [-0.2, 0) is 6.42 Å². The monoisotopic (exact) mass is 242 g/mol. The first kappa shape index (κ1) is 12.9. The molecule has 1 rings (SSSR count). The smallest absolute Gasteiger partial charge is 0.270 e. The van der Waals surface area contributed by atoms with Crippen LogP contribution in [0.3, 0.4) is 0 Å². The van der Waals surface area contributed by atoms with Crippen molar-refractivity contribution in [2.45, 2.75) is 32.2 Å². The first-order valence-electron chi connectivity index (χ1n) is 5.23. The summed E-state index contributed by atoms with van der Waals surface area (Å²) in [5.74, 6) is 0. The molecular weight excluding hydrogens is 228 g/mol. The SMILES string of the molecule is CCCC(N)Cc1ccc([N+](=O)[O-])cc1Cl. The van der Waals surface area contributed by atoms with Gasteiger partial charge in [0.2, 0.25) is 0 Å². The average Bonchev–Trinajstić information content (AvgIpc) is 2.21. The number of hydrogen-bond donors (Lipinski definition) is 1. The minimum atomic E-state index is -0.457. The molecule has 0 spiro atoms. The number of nitro benzene ring substituents is 1. The van der Waals surface area contributed by atoms with Crippen molar-refractivity contribution in [1.29, 1.82) is 0 Å². The maximum Gasteiger partial charge on any atom is 0.270 e. The lowest BCUT2D eigenvalue weighted by Crippen LogP contribution is -2.22. The van der Waals surface area contributed by atoms with E-state index in [9.17, 15) is 10.1 Å². The van der Waals surface area contributed by atoms with Crippen molar-refractivity contribution in [2.75, 3.05) is 0 Å². The third-order valence-corrected chi connectivity index (χ3v) is 2.74. The third kappa shape index (κ3) is 3.47. The Labute approximate surface area is 99.6 Å². The largest absolute Gasteiger partial charge is 0.327 e. The van der Waals surface area contributed by atoms with Gasteiger partial charge in [-0.25, -0.2) is 0 Å². The lowest BCUT2D eigenvalue weighted by molar-refractivity contribution is -0.384. The fraction of sp³-hybridized carbons (Fsp3) is 0.455. The lowest BCUT2D eigenvalue weighted by atomic mass is 10.0. The van der Waals surface area contributed by atoms with E-state index in [1.807, 2.05) is 0 Å². The molecule has 1 aromatic carbocycles. The second-order valence-electron chi connectivity index (χ2n) is 3.79. The third-order valence-electron chi connectivity index (χ3n) is 2.39. The molecule has 0 aliphatic carbocycles. The van der Waals surface area contributed by atoms with E-state index in [1.165, 1.54) is 12.1 Å². The molecule has 0 saturated heterocycles. The number of nitrogens with zero attached hydrogens (tertiary/aromatic N) is 1. The topological polar surface area (TPSA) is 69.2 Å². The number of hydrogen-bond acceptors (Lipinski definition) is 3. The van der Waals surface area contributed by atoms with Gasteiger partial charge in [0.25, 0.3) is 5.69 Å². The van der Waals surface area contributed by atoms with Crippen LogP contribution >= 0.6 is 11.6 Å². The maximum absolute atomic E-state index is 10.5. The van der Waals surface area contributed by atoms with Crippen molar-refractivity contribution in [2.24, 2.45) is 5.73 Å². The van der Waals surface area contributed by atoms with Gasteiger partial charge in [-0.2, -0.15) is 0 Å². The molecule has 0 fully saturated rings. The van der Waals surface area contributed by atoms with Crippen LogP contribution < -0.4 is 5.73 Å². The fourth-order valence-corrected chi connectivity index (χ4v) is 1.82. The normalized spacial score (nSPS) is 12.4. The van der Waals surface area contributed by atoms with Gasteiger partial charge in [-0.3, -0.25) is 10.1 Å². The first-order valence-corrected chi connectivity index (χ1v) is 5.60. The quantitative estimate of drug-likeness (QED) is 0.638. The van der Waals surface area contributed by atoms with Crippen LogP contribution in [-0.4, -0.2) is 11.0 Å². The Morgan fingerprint density at radius 2 is 2.25 bits per heavy atom. The molecular formula is C11H15ClN2O2. The highest BCUT2D eigenvalue weighted by molar-refractivity contribution is 6.31. The predicted molar refractivity (Wildman–Crippen MR) is 64.7 cm³/mol. The van der Waals surface area contributed by atoms with Gasteiger partial charge in [-0.15, -0.1) is 0 Å². The van der Waals surface area contributed by atoms with Crippen LogP contribution in [0.4, 0.5) is 5.69 Å². The van der Waals surface area contributed by atoms with Crippen molar-refractivity contribution in [3.8, 4) is 0 Å². The minimum Gasteiger partial charge on any atom is -0.327 e. The molecule has 2 N–H and O–H groups in total. The Kier molecular flexibility index (Phi) is 4.71. The Bertz CT molecular complexity index is 382. The molecule has 1 aromatic rings. The number of rotatable bonds is 5. The van der Waals surface area contributed by atoms with Crippen LogP contribution in [0.2, 0.25) is 5.02 Å². The summed E-state index contributed by atoms with van der Waals surface area (Å²) in [7, 11) is 0. The predicted octanol–water partition coefficient (Wildman–Crippen LogP) is 2.92. The van der Waals surface area contributed by atoms with Crippen molar-refractivity contribution in [3.05, 3.63) is 38.9 Å². The summed E-state index contributed by atoms with van der Waals surface area (Å²) < 4.78 is 0. The summed E-state index contributed by atoms with van der Waals surface area (Å²) >= 11 is 5.96. The molecule has 0 aliphatic heterocycles. The van der Waals surface area contributed by atoms with Crippen molar-refractivity contribution < 1.29 is 4.92 Å². The van der Waals surface area contributed by atoms with E-state index in [0.29, 0.717) is 11.4 Å². The summed E-state index contributed by atoms with van der Waals surface area (Å²) in [5.41, 5.74) is 6.77. The van der Waals surface area contributed by atoms with E-state index in [0.717, 1.165) is 18.4 Å². The molecule has 0 heterocycles. The van der Waals surface area contributed by atoms with Gasteiger partial charge < -0.3 is 5.73 Å². The molecule has 88 valence electrons. The fourth-order valence-electron chi connectivity index (χ4n) is 1.57. The standard InChI is InChI=1S/C11H15ClN2O2/c1-2-3-9(13)6-8-4-5-10(14(15)16)7-11(8)12/h4-5,7,9H,2-3,6,13H2,1H3. The zero-order chi connectivity index (χ0) is 12.1. The molecule has 1 unspecified atom stereocenters. The van der Waals surface area contributed by atoms with E-state index in [2.05, 4.69) is 6.92 Å². The molecule has 0 aromatic heterocycles. The lowest BCUT2D eigenvalue weighted by Gasteiger charge is -2.11. The van der Waals surface area contributed by atoms with Gasteiger partial charge >= 0.3 is 0 Å². The molecule has 0 amide bonds. The highest BCUT2D eigenvalue weighted by Gasteiger charge is 2.11. The van der Waals surface area contributed by atoms with Gasteiger partial charge in [0.1, 0.15) is 0 Å². The minimum absolute atomic E-state index is 0.0119. The van der Waals surface area contributed by atoms with Crippen LogP contribution in [0.5, 0.6) is 0 Å². The molecule has 5 heteroatoms. The number of non-ortho nitro benzene ring substituents is 1. The Balaban J connectivity index is 2.79. The van der Waals surface area contributed by atoms with Crippen molar-refractivity contribution in [1.82, 2.24) is 0 Å². The van der Waals surface area contributed by atoms with Crippen molar-refractivity contribution in [3.63, 3.8) is 0 Å². The molecule has 0 saturated carbocycles. The van der Waals surface area contributed by atoms with E-state index < -0.39 is 4.92 Å². The van der Waals surface area contributed by atoms with E-state index >= 15 is 0 Å². The summed E-state index contributed by atoms with van der Waals surface area (Å²) in [6.07, 6.45) is 2.60. The van der Waals surface area contributed by atoms with Crippen LogP contribution in [0.1, 0.15) is 25.3 Å². The molecule has 0 aliphatic rings. The van der Waals surface area contributed by atoms with Crippen LogP contribution in [0.25, 0.3) is 0 Å². The summed E-state index contributed by atoms with van der Waals surface area (Å²) in [4.78, 5) is 10.1. The first-order chi connectivity index (χ1) is 7.54. The van der Waals surface area contributed by atoms with Gasteiger partial charge in [-0.1, -0.05) is 31.0 Å². The summed E-state index contributed by atoms with van der Waals surface area (Å²) in [6, 6.07) is 4.56. The second kappa shape index (κ2) is 5.82. The summed E-state index contributed by atoms with van der Waals surface area (Å²) in [5, 5.41) is 10.9. The number of halogens is 1. The Morgan fingerprint density at radius 1 is 1.56 bits per heavy atom. The van der Waals surface area contributed by atoms with Crippen LogP contribution in [0, 0.1) is 10.1 Å². The zero-order valence-corrected chi connectivity index (χ0v) is 9.91. The molecule has 4 nitrogen and oxygen atoms in total. The highest BCUT2D eigenvalue weighted by atomic mass is 35.5. The Hall–Kier alpha value is -1.13. The second-order valence-corrected chi connectivity index (χ2v) is 4.19. The molecule has 0 radical (unpaired) electrons. The van der Waals surface area contributed by atoms with Gasteiger partial charge in [0, 0.05) is 18.2 Å². The Morgan fingerprint density at radius 3 is 2.75 bits per heavy atom. The van der Waals surface area contributed by atoms with E-state index in [1.54, 1.807) is 6.07 Å². The number of benzene rings is 1. The van der Waals surface area contributed by atoms with Crippen molar-refractivity contribution >= 4 is 17.3 Å². The van der Waals surface area contributed by atoms with Gasteiger partial charge in [0.05, 0.1) is 9.95 Å². The van der Waals surface area contributed by atoms with Gasteiger partial charge in [0.15, 0.2) is 0 Å².